The summed E-state index contributed by atoms with van der Waals surface area (Å²) in [5.74, 6) is 0.713. The lowest BCUT2D eigenvalue weighted by Gasteiger charge is -2.29. The second-order valence-corrected chi connectivity index (χ2v) is 7.78. The fraction of sp³-hybridized carbons (Fsp3) is 0.333. The summed E-state index contributed by atoms with van der Waals surface area (Å²) in [5.41, 5.74) is 3.95. The first-order valence-electron chi connectivity index (χ1n) is 7.66. The van der Waals surface area contributed by atoms with Crippen molar-refractivity contribution in [3.63, 3.8) is 0 Å². The molecule has 0 aromatic heterocycles. The molecule has 0 saturated carbocycles. The number of methoxy groups -OCH3 is 1. The Morgan fingerprint density at radius 3 is 2.39 bits per heavy atom. The van der Waals surface area contributed by atoms with Crippen LogP contribution in [0, 0.1) is 13.8 Å². The van der Waals surface area contributed by atoms with Gasteiger partial charge in [-0.1, -0.05) is 24.3 Å². The summed E-state index contributed by atoms with van der Waals surface area (Å²) in [5, 5.41) is 0. The number of ether oxygens (including phenoxy) is 1. The van der Waals surface area contributed by atoms with Gasteiger partial charge in [0.05, 0.1) is 12.0 Å². The Kier molecular flexibility index (Phi) is 4.17. The fourth-order valence-electron chi connectivity index (χ4n) is 3.09. The minimum Gasteiger partial charge on any atom is -0.496 e. The molecule has 1 heterocycles. The molecule has 0 atom stereocenters. The van der Waals surface area contributed by atoms with Crippen molar-refractivity contribution in [3.05, 3.63) is 58.7 Å². The van der Waals surface area contributed by atoms with E-state index >= 15 is 0 Å². The molecule has 5 heteroatoms. The summed E-state index contributed by atoms with van der Waals surface area (Å²) >= 11 is 0. The minimum absolute atomic E-state index is 0.371. The summed E-state index contributed by atoms with van der Waals surface area (Å²) in [6, 6.07) is 11.4. The Bertz CT molecular complexity index is 843. The molecule has 0 unspecified atom stereocenters. The molecule has 0 aliphatic carbocycles. The van der Waals surface area contributed by atoms with Crippen LogP contribution in [0.4, 0.5) is 0 Å². The highest BCUT2D eigenvalue weighted by molar-refractivity contribution is 7.89. The smallest absolute Gasteiger partial charge is 0.243 e. The maximum absolute atomic E-state index is 13.1. The maximum atomic E-state index is 13.1. The molecule has 122 valence electrons. The first-order chi connectivity index (χ1) is 10.9. The highest BCUT2D eigenvalue weighted by Crippen LogP contribution is 2.31. The Labute approximate surface area is 137 Å². The molecular weight excluding hydrogens is 310 g/mol. The van der Waals surface area contributed by atoms with E-state index < -0.39 is 10.0 Å². The van der Waals surface area contributed by atoms with E-state index in [1.807, 2.05) is 32.0 Å². The lowest BCUT2D eigenvalue weighted by atomic mass is 10.0. The number of benzene rings is 2. The molecule has 0 amide bonds. The number of nitrogens with zero attached hydrogens (tertiary/aromatic N) is 1. The van der Waals surface area contributed by atoms with Crippen molar-refractivity contribution in [2.45, 2.75) is 31.7 Å². The molecule has 0 bridgehead atoms. The number of fused-ring (bicyclic) bond motifs is 1. The average molecular weight is 331 g/mol. The molecule has 2 aromatic rings. The monoisotopic (exact) mass is 331 g/mol. The van der Waals surface area contributed by atoms with E-state index in [2.05, 4.69) is 6.07 Å². The van der Waals surface area contributed by atoms with E-state index in [9.17, 15) is 8.42 Å². The van der Waals surface area contributed by atoms with Crippen molar-refractivity contribution in [2.24, 2.45) is 0 Å². The molecule has 0 radical (unpaired) electrons. The van der Waals surface area contributed by atoms with Gasteiger partial charge in [0.2, 0.25) is 10.0 Å². The van der Waals surface area contributed by atoms with Crippen LogP contribution in [0.5, 0.6) is 5.75 Å². The third-order valence-corrected chi connectivity index (χ3v) is 6.61. The standard InChI is InChI=1S/C18H21NO3S/c1-13-14(2)18(9-8-17(13)22-3)23(20,21)19-11-10-15-6-4-5-7-16(15)12-19/h4-9H,10-12H2,1-3H3. The van der Waals surface area contributed by atoms with Gasteiger partial charge in [-0.25, -0.2) is 8.42 Å². The van der Waals surface area contributed by atoms with Crippen molar-refractivity contribution in [3.8, 4) is 5.75 Å². The Morgan fingerprint density at radius 2 is 1.70 bits per heavy atom. The first-order valence-corrected chi connectivity index (χ1v) is 9.10. The maximum Gasteiger partial charge on any atom is 0.243 e. The molecule has 4 nitrogen and oxygen atoms in total. The van der Waals surface area contributed by atoms with E-state index in [0.29, 0.717) is 23.7 Å². The van der Waals surface area contributed by atoms with Gasteiger partial charge in [-0.2, -0.15) is 4.31 Å². The van der Waals surface area contributed by atoms with Crippen LogP contribution in [0.3, 0.4) is 0 Å². The molecule has 1 aliphatic rings. The fourth-order valence-corrected chi connectivity index (χ4v) is 4.78. The van der Waals surface area contributed by atoms with E-state index in [-0.39, 0.29) is 0 Å². The lowest BCUT2D eigenvalue weighted by Crippen LogP contribution is -2.36. The highest BCUT2D eigenvalue weighted by Gasteiger charge is 2.30. The number of rotatable bonds is 3. The van der Waals surface area contributed by atoms with Gasteiger partial charge in [-0.05, 0) is 54.7 Å². The van der Waals surface area contributed by atoms with Crippen molar-refractivity contribution in [1.82, 2.24) is 4.31 Å². The average Bonchev–Trinajstić information content (AvgIpc) is 2.56. The summed E-state index contributed by atoms with van der Waals surface area (Å²) in [6.07, 6.45) is 0.754. The van der Waals surface area contributed by atoms with E-state index in [0.717, 1.165) is 23.1 Å². The Balaban J connectivity index is 1.99. The van der Waals surface area contributed by atoms with Crippen LogP contribution < -0.4 is 4.74 Å². The van der Waals surface area contributed by atoms with Crippen LogP contribution in [-0.2, 0) is 23.0 Å². The molecule has 0 fully saturated rings. The summed E-state index contributed by atoms with van der Waals surface area (Å²) < 4.78 is 33.0. The summed E-state index contributed by atoms with van der Waals surface area (Å²) in [6.45, 7) is 4.67. The minimum atomic E-state index is -3.51. The van der Waals surface area contributed by atoms with Crippen molar-refractivity contribution < 1.29 is 13.2 Å². The van der Waals surface area contributed by atoms with Gasteiger partial charge in [0, 0.05) is 13.1 Å². The van der Waals surface area contributed by atoms with Gasteiger partial charge in [-0.3, -0.25) is 0 Å². The predicted molar refractivity (Wildman–Crippen MR) is 90.2 cm³/mol. The third-order valence-electron chi connectivity index (χ3n) is 4.62. The predicted octanol–water partition coefficient (Wildman–Crippen LogP) is 3.06. The van der Waals surface area contributed by atoms with Gasteiger partial charge in [0.1, 0.15) is 5.75 Å². The molecule has 3 rings (SSSR count). The van der Waals surface area contributed by atoms with Crippen LogP contribution in [0.1, 0.15) is 22.3 Å². The van der Waals surface area contributed by atoms with Gasteiger partial charge in [-0.15, -0.1) is 0 Å². The van der Waals surface area contributed by atoms with Crippen LogP contribution >= 0.6 is 0 Å². The van der Waals surface area contributed by atoms with Gasteiger partial charge in [0.25, 0.3) is 0 Å². The topological polar surface area (TPSA) is 46.6 Å². The molecule has 1 aliphatic heterocycles. The first kappa shape index (κ1) is 16.0. The van der Waals surface area contributed by atoms with Gasteiger partial charge >= 0.3 is 0 Å². The van der Waals surface area contributed by atoms with Crippen LogP contribution in [0.15, 0.2) is 41.3 Å². The third kappa shape index (κ3) is 2.75. The van der Waals surface area contributed by atoms with Crippen LogP contribution in [0.2, 0.25) is 0 Å². The zero-order chi connectivity index (χ0) is 16.6. The van der Waals surface area contributed by atoms with E-state index in [1.54, 1.807) is 23.5 Å². The lowest BCUT2D eigenvalue weighted by molar-refractivity contribution is 0.390. The molecular formula is C18H21NO3S. The largest absolute Gasteiger partial charge is 0.496 e. The van der Waals surface area contributed by atoms with Crippen LogP contribution in [0.25, 0.3) is 0 Å². The zero-order valence-corrected chi connectivity index (χ0v) is 14.5. The van der Waals surface area contributed by atoms with Crippen molar-refractivity contribution in [2.75, 3.05) is 13.7 Å². The second kappa shape index (κ2) is 5.98. The quantitative estimate of drug-likeness (QED) is 0.868. The molecule has 23 heavy (non-hydrogen) atoms. The van der Waals surface area contributed by atoms with Gasteiger partial charge < -0.3 is 4.74 Å². The molecule has 0 N–H and O–H groups in total. The second-order valence-electron chi connectivity index (χ2n) is 5.87. The summed E-state index contributed by atoms with van der Waals surface area (Å²) in [7, 11) is -1.91. The van der Waals surface area contributed by atoms with Gasteiger partial charge in [0.15, 0.2) is 0 Å². The summed E-state index contributed by atoms with van der Waals surface area (Å²) in [4.78, 5) is 0.371. The molecule has 0 spiro atoms. The van der Waals surface area contributed by atoms with Crippen molar-refractivity contribution >= 4 is 10.0 Å². The molecule has 0 saturated heterocycles. The Morgan fingerprint density at radius 1 is 1.00 bits per heavy atom. The highest BCUT2D eigenvalue weighted by atomic mass is 32.2. The van der Waals surface area contributed by atoms with Crippen molar-refractivity contribution in [1.29, 1.82) is 0 Å². The molecule has 2 aromatic carbocycles. The van der Waals surface area contributed by atoms with E-state index in [1.165, 1.54) is 5.56 Å². The SMILES string of the molecule is COc1ccc(S(=O)(=O)N2CCc3ccccc3C2)c(C)c1C. The zero-order valence-electron chi connectivity index (χ0n) is 13.7. The van der Waals surface area contributed by atoms with E-state index in [4.69, 9.17) is 4.74 Å². The van der Waals surface area contributed by atoms with Crippen LogP contribution in [-0.4, -0.2) is 26.4 Å². The Hall–Kier alpha value is -1.85. The normalized spacial score (nSPS) is 15.3. The number of hydrogen-bond donors (Lipinski definition) is 0. The number of sulfonamides is 1. The number of hydrogen-bond acceptors (Lipinski definition) is 3.